The Labute approximate surface area is 135 Å². The van der Waals surface area contributed by atoms with Crippen LogP contribution in [0.5, 0.6) is 0 Å². The lowest BCUT2D eigenvalue weighted by Crippen LogP contribution is -2.11. The van der Waals surface area contributed by atoms with Crippen LogP contribution in [0.15, 0.2) is 90.3 Å². The monoisotopic (exact) mass is 330 g/mol. The zero-order valence-corrected chi connectivity index (χ0v) is 13.2. The second-order valence-electron chi connectivity index (χ2n) is 4.17. The number of primary sulfonamides is 1. The molecule has 0 amide bonds. The van der Waals surface area contributed by atoms with E-state index in [-0.39, 0.29) is 4.90 Å². The number of sulfonamides is 1. The lowest BCUT2D eigenvalue weighted by molar-refractivity contribution is 0.598. The van der Waals surface area contributed by atoms with Crippen LogP contribution in [0.4, 0.5) is 5.69 Å². The van der Waals surface area contributed by atoms with E-state index in [1.165, 1.54) is 18.5 Å². The maximum absolute atomic E-state index is 10.6. The zero-order valence-electron chi connectivity index (χ0n) is 12.4. The van der Waals surface area contributed by atoms with Gasteiger partial charge in [0.25, 0.3) is 0 Å². The lowest BCUT2D eigenvalue weighted by atomic mass is 10.3. The summed E-state index contributed by atoms with van der Waals surface area (Å²) < 4.78 is 21.2. The molecule has 0 saturated heterocycles. The predicted molar refractivity (Wildman–Crippen MR) is 90.7 cm³/mol. The summed E-state index contributed by atoms with van der Waals surface area (Å²) >= 11 is 0. The highest BCUT2D eigenvalue weighted by atomic mass is 32.2. The van der Waals surface area contributed by atoms with Crippen LogP contribution < -0.4 is 10.9 Å². The molecule has 0 aliphatic heterocycles. The van der Waals surface area contributed by atoms with Gasteiger partial charge in [0, 0.05) is 18.1 Å². The normalized spacial score (nSPS) is 9.61. The lowest BCUT2D eigenvalue weighted by Gasteiger charge is -1.93. The van der Waals surface area contributed by atoms with Crippen LogP contribution in [0.1, 0.15) is 0 Å². The van der Waals surface area contributed by atoms with Crippen molar-refractivity contribution < 1.29 is 8.42 Å². The highest BCUT2D eigenvalue weighted by Gasteiger charge is 2.03. The summed E-state index contributed by atoms with van der Waals surface area (Å²) in [4.78, 5) is 7.50. The highest BCUT2D eigenvalue weighted by Crippen LogP contribution is 2.03. The summed E-state index contributed by atoms with van der Waals surface area (Å²) in [5.41, 5.74) is 6.18. The van der Waals surface area contributed by atoms with Gasteiger partial charge in [0.1, 0.15) is 6.33 Å². The van der Waals surface area contributed by atoms with E-state index >= 15 is 0 Å². The number of nitrogen functional groups attached to an aromatic ring is 1. The molecule has 2 aromatic carbocycles. The molecule has 0 saturated carbocycles. The number of hydrogen-bond donors (Lipinski definition) is 2. The van der Waals surface area contributed by atoms with Gasteiger partial charge in [0.15, 0.2) is 0 Å². The van der Waals surface area contributed by atoms with E-state index in [1.54, 1.807) is 36.7 Å². The molecule has 4 N–H and O–H groups in total. The van der Waals surface area contributed by atoms with Crippen LogP contribution in [0, 0.1) is 0 Å². The number of nitrogens with two attached hydrogens (primary N) is 2. The third kappa shape index (κ3) is 8.97. The van der Waals surface area contributed by atoms with Crippen molar-refractivity contribution in [3.8, 4) is 0 Å². The van der Waals surface area contributed by atoms with Gasteiger partial charge in [-0.2, -0.15) is 0 Å². The average Bonchev–Trinajstić information content (AvgIpc) is 2.58. The third-order valence-electron chi connectivity index (χ3n) is 2.35. The first-order chi connectivity index (χ1) is 11.0. The molecule has 0 aliphatic rings. The Morgan fingerprint density at radius 1 is 0.739 bits per heavy atom. The second-order valence-corrected chi connectivity index (χ2v) is 5.73. The number of aromatic nitrogens is 2. The van der Waals surface area contributed by atoms with Crippen molar-refractivity contribution in [1.82, 2.24) is 9.97 Å². The Morgan fingerprint density at radius 3 is 1.43 bits per heavy atom. The summed E-state index contributed by atoms with van der Waals surface area (Å²) in [6.07, 6.45) is 4.88. The number of hydrogen-bond acceptors (Lipinski definition) is 5. The molecule has 0 bridgehead atoms. The van der Waals surface area contributed by atoms with Crippen LogP contribution in [0.3, 0.4) is 0 Å². The average molecular weight is 330 g/mol. The number of benzene rings is 2. The molecule has 1 heterocycles. The topological polar surface area (TPSA) is 112 Å². The van der Waals surface area contributed by atoms with E-state index in [0.29, 0.717) is 0 Å². The summed E-state index contributed by atoms with van der Waals surface area (Å²) in [6.45, 7) is 0. The predicted octanol–water partition coefficient (Wildman–Crippen LogP) is 2.08. The molecule has 3 aromatic rings. The van der Waals surface area contributed by atoms with Gasteiger partial charge in [-0.15, -0.1) is 0 Å². The second kappa shape index (κ2) is 10.0. The molecule has 1 aromatic heterocycles. The van der Waals surface area contributed by atoms with Crippen LogP contribution in [0.25, 0.3) is 0 Å². The van der Waals surface area contributed by atoms with Gasteiger partial charge in [0.2, 0.25) is 10.0 Å². The molecule has 0 atom stereocenters. The van der Waals surface area contributed by atoms with Gasteiger partial charge < -0.3 is 5.73 Å². The molecule has 23 heavy (non-hydrogen) atoms. The van der Waals surface area contributed by atoms with Gasteiger partial charge in [-0.05, 0) is 30.3 Å². The van der Waals surface area contributed by atoms with Crippen molar-refractivity contribution >= 4 is 15.7 Å². The minimum absolute atomic E-state index is 0.148. The van der Waals surface area contributed by atoms with E-state index in [9.17, 15) is 8.42 Å². The van der Waals surface area contributed by atoms with Crippen molar-refractivity contribution in [2.24, 2.45) is 5.14 Å². The minimum Gasteiger partial charge on any atom is -0.399 e. The first-order valence-corrected chi connectivity index (χ1v) is 8.13. The van der Waals surface area contributed by atoms with E-state index < -0.39 is 10.0 Å². The summed E-state index contributed by atoms with van der Waals surface area (Å²) in [6, 6.07) is 19.2. The Balaban J connectivity index is 0.000000179. The smallest absolute Gasteiger partial charge is 0.238 e. The molecule has 120 valence electrons. The van der Waals surface area contributed by atoms with Gasteiger partial charge in [0.05, 0.1) is 4.90 Å². The van der Waals surface area contributed by atoms with E-state index in [1.807, 2.05) is 30.3 Å². The maximum Gasteiger partial charge on any atom is 0.238 e. The van der Waals surface area contributed by atoms with Crippen molar-refractivity contribution in [2.75, 3.05) is 5.73 Å². The molecule has 0 radical (unpaired) electrons. The molecule has 0 unspecified atom stereocenters. The molecule has 7 heteroatoms. The van der Waals surface area contributed by atoms with Gasteiger partial charge in [-0.3, -0.25) is 0 Å². The van der Waals surface area contributed by atoms with Crippen molar-refractivity contribution in [3.63, 3.8) is 0 Å². The maximum atomic E-state index is 10.6. The molecule has 6 nitrogen and oxygen atoms in total. The van der Waals surface area contributed by atoms with Crippen LogP contribution in [-0.4, -0.2) is 18.4 Å². The molecule has 3 rings (SSSR count). The molecular formula is C16H18N4O2S. The van der Waals surface area contributed by atoms with Gasteiger partial charge >= 0.3 is 0 Å². The van der Waals surface area contributed by atoms with E-state index in [2.05, 4.69) is 9.97 Å². The Bertz CT molecular complexity index is 725. The van der Waals surface area contributed by atoms with Crippen molar-refractivity contribution in [1.29, 1.82) is 0 Å². The minimum atomic E-state index is -3.50. The van der Waals surface area contributed by atoms with Crippen LogP contribution >= 0.6 is 0 Å². The molecule has 0 aliphatic carbocycles. The SMILES string of the molecule is NS(=O)(=O)c1ccccc1.Nc1ccccc1.c1cncnc1. The van der Waals surface area contributed by atoms with E-state index in [0.717, 1.165) is 5.69 Å². The van der Waals surface area contributed by atoms with E-state index in [4.69, 9.17) is 10.9 Å². The third-order valence-corrected chi connectivity index (χ3v) is 3.28. The molecule has 0 fully saturated rings. The summed E-state index contributed by atoms with van der Waals surface area (Å²) in [5.74, 6) is 0. The Morgan fingerprint density at radius 2 is 1.22 bits per heavy atom. The fourth-order valence-electron chi connectivity index (χ4n) is 1.32. The fraction of sp³-hybridized carbons (Fsp3) is 0. The zero-order chi connectivity index (χ0) is 17.0. The van der Waals surface area contributed by atoms with Crippen LogP contribution in [0.2, 0.25) is 0 Å². The van der Waals surface area contributed by atoms with Crippen molar-refractivity contribution in [3.05, 3.63) is 85.5 Å². The quantitative estimate of drug-likeness (QED) is 0.663. The number of rotatable bonds is 1. The largest absolute Gasteiger partial charge is 0.399 e. The molecule has 0 spiro atoms. The molecular weight excluding hydrogens is 312 g/mol. The number of nitrogens with zero attached hydrogens (tertiary/aromatic N) is 2. The first kappa shape index (κ1) is 18.3. The van der Waals surface area contributed by atoms with Crippen molar-refractivity contribution in [2.45, 2.75) is 4.90 Å². The Hall–Kier alpha value is -2.77. The summed E-state index contributed by atoms with van der Waals surface area (Å²) in [5, 5.41) is 4.83. The van der Waals surface area contributed by atoms with Gasteiger partial charge in [-0.25, -0.2) is 23.5 Å². The number of para-hydroxylation sites is 1. The highest BCUT2D eigenvalue weighted by molar-refractivity contribution is 7.89. The standard InChI is InChI=1S/C6H7NO2S.C6H7N.C4H4N2/c7-10(8,9)6-4-2-1-3-5-6;7-6-4-2-1-3-5-6;1-2-5-4-6-3-1/h1-5H,(H2,7,8,9);1-5H,7H2;1-4H. The number of anilines is 1. The first-order valence-electron chi connectivity index (χ1n) is 6.58. The van der Waals surface area contributed by atoms with Crippen LogP contribution in [-0.2, 0) is 10.0 Å². The fourth-order valence-corrected chi connectivity index (χ4v) is 1.85. The Kier molecular flexibility index (Phi) is 7.98. The summed E-state index contributed by atoms with van der Waals surface area (Å²) in [7, 11) is -3.50. The van der Waals surface area contributed by atoms with Gasteiger partial charge in [-0.1, -0.05) is 36.4 Å².